The fourth-order valence-corrected chi connectivity index (χ4v) is 3.31. The molecule has 0 fully saturated rings. The van der Waals surface area contributed by atoms with Crippen molar-refractivity contribution < 1.29 is 0 Å². The van der Waals surface area contributed by atoms with Gasteiger partial charge in [-0.05, 0) is 48.5 Å². The van der Waals surface area contributed by atoms with Crippen LogP contribution in [-0.2, 0) is 0 Å². The molecule has 0 spiro atoms. The maximum Gasteiger partial charge on any atom is 0.0625 e. The van der Waals surface area contributed by atoms with E-state index >= 15 is 0 Å². The van der Waals surface area contributed by atoms with Crippen molar-refractivity contribution in [1.82, 2.24) is 0 Å². The van der Waals surface area contributed by atoms with Crippen molar-refractivity contribution in [3.63, 3.8) is 0 Å². The molecule has 0 aromatic heterocycles. The molecule has 0 atom stereocenters. The molecule has 0 aliphatic heterocycles. The van der Waals surface area contributed by atoms with Crippen LogP contribution in [0.2, 0.25) is 0 Å². The van der Waals surface area contributed by atoms with Crippen LogP contribution in [0.5, 0.6) is 0 Å². The first-order chi connectivity index (χ1) is 14.5. The molecule has 0 saturated carbocycles. The number of nitrogens with one attached hydrogen (secondary N) is 2. The lowest BCUT2D eigenvalue weighted by molar-refractivity contribution is 1.51. The Morgan fingerprint density at radius 2 is 0.800 bits per heavy atom. The third-order valence-corrected chi connectivity index (χ3v) is 4.84. The molecule has 6 nitrogen and oxygen atoms in total. The first-order valence-corrected chi connectivity index (χ1v) is 9.54. The quantitative estimate of drug-likeness (QED) is 0.258. The Kier molecular flexibility index (Phi) is 5.05. The minimum Gasteiger partial charge on any atom is -0.398 e. The number of hydrogen-bond acceptors (Lipinski definition) is 6. The van der Waals surface area contributed by atoms with E-state index in [2.05, 4.69) is 10.6 Å². The van der Waals surface area contributed by atoms with E-state index in [1.54, 1.807) is 12.1 Å². The standard InChI is InChI=1S/C24H24N6/c25-19-13-21(27)23(29-15-7-3-1-4-8-15)11-17(19)18-12-24(22(28)14-20(18)26)30-16-9-5-2-6-10-16/h1-14,29-30H,25-28H2. The molecule has 0 bridgehead atoms. The lowest BCUT2D eigenvalue weighted by Gasteiger charge is -2.17. The Labute approximate surface area is 175 Å². The summed E-state index contributed by atoms with van der Waals surface area (Å²) in [6.45, 7) is 0. The minimum absolute atomic E-state index is 0.535. The van der Waals surface area contributed by atoms with Gasteiger partial charge in [0.05, 0.1) is 22.7 Å². The molecule has 0 heterocycles. The molecule has 4 aromatic rings. The molecule has 4 rings (SSSR count). The monoisotopic (exact) mass is 396 g/mol. The summed E-state index contributed by atoms with van der Waals surface area (Å²) < 4.78 is 0. The third kappa shape index (κ3) is 3.93. The number of rotatable bonds is 5. The van der Waals surface area contributed by atoms with E-state index in [-0.39, 0.29) is 0 Å². The Morgan fingerprint density at radius 3 is 1.17 bits per heavy atom. The molecule has 0 aliphatic carbocycles. The van der Waals surface area contributed by atoms with Crippen molar-refractivity contribution in [2.24, 2.45) is 0 Å². The summed E-state index contributed by atoms with van der Waals surface area (Å²) in [7, 11) is 0. The second-order valence-corrected chi connectivity index (χ2v) is 7.04. The predicted octanol–water partition coefficient (Wildman–Crippen LogP) is 5.17. The molecule has 10 N–H and O–H groups in total. The fourth-order valence-electron chi connectivity index (χ4n) is 3.31. The van der Waals surface area contributed by atoms with Crippen LogP contribution in [0.25, 0.3) is 11.1 Å². The van der Waals surface area contributed by atoms with Gasteiger partial charge in [-0.25, -0.2) is 0 Å². The summed E-state index contributed by atoms with van der Waals surface area (Å²) in [6, 6.07) is 26.9. The molecule has 0 aliphatic rings. The Morgan fingerprint density at radius 1 is 0.433 bits per heavy atom. The molecule has 0 unspecified atom stereocenters. The van der Waals surface area contributed by atoms with E-state index in [0.717, 1.165) is 33.9 Å². The first kappa shape index (κ1) is 19.0. The van der Waals surface area contributed by atoms with Gasteiger partial charge in [-0.2, -0.15) is 0 Å². The van der Waals surface area contributed by atoms with Gasteiger partial charge in [-0.3, -0.25) is 0 Å². The maximum absolute atomic E-state index is 6.31. The van der Waals surface area contributed by atoms with Crippen LogP contribution in [0, 0.1) is 0 Å². The van der Waals surface area contributed by atoms with E-state index in [4.69, 9.17) is 22.9 Å². The number of benzene rings is 4. The molecule has 4 aromatic carbocycles. The first-order valence-electron chi connectivity index (χ1n) is 9.54. The molecule has 150 valence electrons. The van der Waals surface area contributed by atoms with Gasteiger partial charge in [-0.15, -0.1) is 0 Å². The van der Waals surface area contributed by atoms with Crippen molar-refractivity contribution in [2.45, 2.75) is 0 Å². The van der Waals surface area contributed by atoms with Crippen LogP contribution in [0.4, 0.5) is 45.5 Å². The number of anilines is 8. The summed E-state index contributed by atoms with van der Waals surface area (Å²) in [5, 5.41) is 6.67. The average molecular weight is 396 g/mol. The zero-order valence-electron chi connectivity index (χ0n) is 16.4. The second-order valence-electron chi connectivity index (χ2n) is 7.04. The van der Waals surface area contributed by atoms with Gasteiger partial charge < -0.3 is 33.6 Å². The van der Waals surface area contributed by atoms with Gasteiger partial charge in [-0.1, -0.05) is 36.4 Å². The molecule has 0 saturated heterocycles. The van der Waals surface area contributed by atoms with Gasteiger partial charge >= 0.3 is 0 Å². The summed E-state index contributed by atoms with van der Waals surface area (Å²) in [6.07, 6.45) is 0. The van der Waals surface area contributed by atoms with E-state index in [9.17, 15) is 0 Å². The van der Waals surface area contributed by atoms with Gasteiger partial charge in [0, 0.05) is 33.9 Å². The third-order valence-electron chi connectivity index (χ3n) is 4.84. The highest BCUT2D eigenvalue weighted by molar-refractivity contribution is 5.94. The molecule has 6 heteroatoms. The number of nitrogens with two attached hydrogens (primary N) is 4. The summed E-state index contributed by atoms with van der Waals surface area (Å²) >= 11 is 0. The fraction of sp³-hybridized carbons (Fsp3) is 0. The van der Waals surface area contributed by atoms with Gasteiger partial charge in [0.1, 0.15) is 0 Å². The maximum atomic E-state index is 6.31. The van der Waals surface area contributed by atoms with Crippen LogP contribution < -0.4 is 33.6 Å². The Balaban J connectivity index is 1.76. The lowest BCUT2D eigenvalue weighted by Crippen LogP contribution is -2.03. The van der Waals surface area contributed by atoms with Gasteiger partial charge in [0.2, 0.25) is 0 Å². The largest absolute Gasteiger partial charge is 0.398 e. The summed E-state index contributed by atoms with van der Waals surface area (Å²) in [5.41, 5.74) is 32.1. The van der Waals surface area contributed by atoms with Crippen molar-refractivity contribution in [1.29, 1.82) is 0 Å². The second kappa shape index (κ2) is 7.97. The Hall–Kier alpha value is -4.32. The highest BCUT2D eigenvalue weighted by Gasteiger charge is 2.14. The number of para-hydroxylation sites is 2. The highest BCUT2D eigenvalue weighted by Crippen LogP contribution is 2.40. The van der Waals surface area contributed by atoms with Gasteiger partial charge in [0.25, 0.3) is 0 Å². The van der Waals surface area contributed by atoms with Gasteiger partial charge in [0.15, 0.2) is 0 Å². The van der Waals surface area contributed by atoms with E-state index in [1.165, 1.54) is 0 Å². The van der Waals surface area contributed by atoms with Crippen molar-refractivity contribution in [3.05, 3.63) is 84.9 Å². The van der Waals surface area contributed by atoms with Crippen molar-refractivity contribution in [3.8, 4) is 11.1 Å². The molecular weight excluding hydrogens is 372 g/mol. The van der Waals surface area contributed by atoms with Crippen LogP contribution in [0.1, 0.15) is 0 Å². The highest BCUT2D eigenvalue weighted by atomic mass is 14.9. The number of nitrogen functional groups attached to an aromatic ring is 4. The van der Waals surface area contributed by atoms with Crippen LogP contribution >= 0.6 is 0 Å². The summed E-state index contributed by atoms with van der Waals surface area (Å²) in [4.78, 5) is 0. The SMILES string of the molecule is Nc1cc(N)c(-c2cc(Nc3ccccc3)c(N)cc2N)cc1Nc1ccccc1. The summed E-state index contributed by atoms with van der Waals surface area (Å²) in [5.74, 6) is 0. The average Bonchev–Trinajstić information content (AvgIpc) is 2.74. The van der Waals surface area contributed by atoms with Crippen molar-refractivity contribution >= 4 is 45.5 Å². The Bertz CT molecular complexity index is 1080. The zero-order chi connectivity index (χ0) is 21.1. The van der Waals surface area contributed by atoms with Crippen LogP contribution in [0.3, 0.4) is 0 Å². The van der Waals surface area contributed by atoms with E-state index in [1.807, 2.05) is 72.8 Å². The molecule has 30 heavy (non-hydrogen) atoms. The predicted molar refractivity (Wildman–Crippen MR) is 129 cm³/mol. The normalized spacial score (nSPS) is 10.5. The van der Waals surface area contributed by atoms with Crippen LogP contribution in [0.15, 0.2) is 84.9 Å². The van der Waals surface area contributed by atoms with E-state index in [0.29, 0.717) is 22.7 Å². The topological polar surface area (TPSA) is 128 Å². The smallest absolute Gasteiger partial charge is 0.0625 e. The minimum atomic E-state index is 0.535. The lowest BCUT2D eigenvalue weighted by atomic mass is 9.98. The number of hydrogen-bond donors (Lipinski definition) is 6. The van der Waals surface area contributed by atoms with E-state index < -0.39 is 0 Å². The van der Waals surface area contributed by atoms with Crippen molar-refractivity contribution in [2.75, 3.05) is 33.6 Å². The molecule has 0 amide bonds. The molecular formula is C24H24N6. The molecule has 0 radical (unpaired) electrons. The zero-order valence-corrected chi connectivity index (χ0v) is 16.4. The van der Waals surface area contributed by atoms with Crippen LogP contribution in [-0.4, -0.2) is 0 Å².